The van der Waals surface area contributed by atoms with Crippen molar-refractivity contribution in [3.63, 3.8) is 0 Å². The Balaban J connectivity index is 1.86. The van der Waals surface area contributed by atoms with Gasteiger partial charge < -0.3 is 10.0 Å². The maximum absolute atomic E-state index is 11.9. The summed E-state index contributed by atoms with van der Waals surface area (Å²) in [5.74, 6) is -1.09. The molecule has 0 atom stereocenters. The number of carbonyl (C=O) groups is 2. The number of nitrogens with zero attached hydrogens (tertiary/aromatic N) is 1. The quantitative estimate of drug-likeness (QED) is 0.851. The molecule has 1 saturated heterocycles. The van der Waals surface area contributed by atoms with E-state index in [1.165, 1.54) is 0 Å². The van der Waals surface area contributed by atoms with Crippen LogP contribution in [-0.4, -0.2) is 35.0 Å². The lowest BCUT2D eigenvalue weighted by Gasteiger charge is -2.29. The third kappa shape index (κ3) is 3.20. The van der Waals surface area contributed by atoms with Gasteiger partial charge >= 0.3 is 5.97 Å². The van der Waals surface area contributed by atoms with Crippen molar-refractivity contribution in [2.45, 2.75) is 12.8 Å². The molecule has 0 radical (unpaired) electrons. The average Bonchev–Trinajstić information content (AvgIpc) is 2.89. The second-order valence-corrected chi connectivity index (χ2v) is 5.11. The minimum absolute atomic E-state index is 0.0370. The SMILES string of the molecule is O=C(O)C1CCN(C(=O)C=Cc2ccsc2)CC1. The molecule has 18 heavy (non-hydrogen) atoms. The van der Waals surface area contributed by atoms with Crippen molar-refractivity contribution >= 4 is 29.3 Å². The van der Waals surface area contributed by atoms with Crippen molar-refractivity contribution < 1.29 is 14.7 Å². The van der Waals surface area contributed by atoms with Gasteiger partial charge in [-0.25, -0.2) is 0 Å². The first-order chi connectivity index (χ1) is 8.66. The van der Waals surface area contributed by atoms with Crippen molar-refractivity contribution in [3.8, 4) is 0 Å². The average molecular weight is 265 g/mol. The van der Waals surface area contributed by atoms with Crippen LogP contribution >= 0.6 is 11.3 Å². The lowest BCUT2D eigenvalue weighted by molar-refractivity contribution is -0.144. The van der Waals surface area contributed by atoms with Crippen LogP contribution in [0.2, 0.25) is 0 Å². The Bertz CT molecular complexity index is 445. The van der Waals surface area contributed by atoms with Crippen LogP contribution in [-0.2, 0) is 9.59 Å². The number of carboxylic acids is 1. The van der Waals surface area contributed by atoms with Crippen LogP contribution in [0.25, 0.3) is 6.08 Å². The smallest absolute Gasteiger partial charge is 0.306 e. The first-order valence-electron chi connectivity index (χ1n) is 5.89. The summed E-state index contributed by atoms with van der Waals surface area (Å²) >= 11 is 1.59. The number of rotatable bonds is 3. The lowest BCUT2D eigenvalue weighted by atomic mass is 9.97. The number of thiophene rings is 1. The van der Waals surface area contributed by atoms with E-state index in [0.717, 1.165) is 5.56 Å². The van der Waals surface area contributed by atoms with Crippen LogP contribution in [0.15, 0.2) is 22.9 Å². The molecule has 0 aromatic carbocycles. The molecule has 1 amide bonds. The molecule has 2 heterocycles. The molecule has 1 aliphatic rings. The Kier molecular flexibility index (Phi) is 4.15. The van der Waals surface area contributed by atoms with Gasteiger partial charge in [0, 0.05) is 19.2 Å². The van der Waals surface area contributed by atoms with Gasteiger partial charge in [0.25, 0.3) is 0 Å². The van der Waals surface area contributed by atoms with Crippen molar-refractivity contribution in [3.05, 3.63) is 28.5 Å². The van der Waals surface area contributed by atoms with Crippen LogP contribution in [0.4, 0.5) is 0 Å². The number of hydrogen-bond donors (Lipinski definition) is 1. The van der Waals surface area contributed by atoms with Crippen LogP contribution in [0, 0.1) is 5.92 Å². The summed E-state index contributed by atoms with van der Waals surface area (Å²) in [7, 11) is 0. The van der Waals surface area contributed by atoms with E-state index in [1.807, 2.05) is 16.8 Å². The molecule has 1 aromatic rings. The van der Waals surface area contributed by atoms with E-state index in [2.05, 4.69) is 0 Å². The van der Waals surface area contributed by atoms with E-state index in [0.29, 0.717) is 25.9 Å². The van der Waals surface area contributed by atoms with Gasteiger partial charge in [0.05, 0.1) is 5.92 Å². The standard InChI is InChI=1S/C13H15NO3S/c15-12(2-1-10-5-8-18-9-10)14-6-3-11(4-7-14)13(16)17/h1-2,5,8-9,11H,3-4,6-7H2,(H,16,17). The zero-order valence-electron chi connectivity index (χ0n) is 9.91. The topological polar surface area (TPSA) is 57.6 Å². The largest absolute Gasteiger partial charge is 0.481 e. The normalized spacial score (nSPS) is 17.2. The second kappa shape index (κ2) is 5.82. The Morgan fingerprint density at radius 2 is 2.11 bits per heavy atom. The first-order valence-corrected chi connectivity index (χ1v) is 6.83. The molecule has 2 rings (SSSR count). The van der Waals surface area contributed by atoms with Gasteiger partial charge in [-0.3, -0.25) is 9.59 Å². The van der Waals surface area contributed by atoms with Crippen molar-refractivity contribution in [1.82, 2.24) is 4.90 Å². The second-order valence-electron chi connectivity index (χ2n) is 4.33. The van der Waals surface area contributed by atoms with E-state index in [1.54, 1.807) is 28.4 Å². The number of carboxylic acid groups (broad SMARTS) is 1. The minimum Gasteiger partial charge on any atom is -0.481 e. The van der Waals surface area contributed by atoms with Crippen molar-refractivity contribution in [2.24, 2.45) is 5.92 Å². The molecular formula is C13H15NO3S. The van der Waals surface area contributed by atoms with Crippen LogP contribution in [0.1, 0.15) is 18.4 Å². The molecule has 1 N–H and O–H groups in total. The maximum atomic E-state index is 11.9. The van der Waals surface area contributed by atoms with E-state index < -0.39 is 5.97 Å². The summed E-state index contributed by atoms with van der Waals surface area (Å²) in [6.07, 6.45) is 4.45. The van der Waals surface area contributed by atoms with E-state index >= 15 is 0 Å². The monoisotopic (exact) mass is 265 g/mol. The third-order valence-electron chi connectivity index (χ3n) is 3.12. The molecule has 4 nitrogen and oxygen atoms in total. The predicted molar refractivity (Wildman–Crippen MR) is 70.3 cm³/mol. The molecule has 1 aliphatic heterocycles. The molecule has 1 aromatic heterocycles. The fraction of sp³-hybridized carbons (Fsp3) is 0.385. The molecule has 0 spiro atoms. The van der Waals surface area contributed by atoms with Gasteiger partial charge in [0.1, 0.15) is 0 Å². The minimum atomic E-state index is -0.754. The molecule has 5 heteroatoms. The summed E-state index contributed by atoms with van der Waals surface area (Å²) in [5, 5.41) is 12.8. The summed E-state index contributed by atoms with van der Waals surface area (Å²) in [6.45, 7) is 1.06. The Morgan fingerprint density at radius 1 is 1.39 bits per heavy atom. The molecule has 0 aliphatic carbocycles. The molecule has 0 bridgehead atoms. The fourth-order valence-corrected chi connectivity index (χ4v) is 2.62. The van der Waals surface area contributed by atoms with Crippen molar-refractivity contribution in [1.29, 1.82) is 0 Å². The number of aliphatic carboxylic acids is 1. The highest BCUT2D eigenvalue weighted by atomic mass is 32.1. The van der Waals surface area contributed by atoms with Gasteiger partial charge in [-0.1, -0.05) is 0 Å². The highest BCUT2D eigenvalue weighted by Gasteiger charge is 2.25. The van der Waals surface area contributed by atoms with Gasteiger partial charge in [0.15, 0.2) is 0 Å². The van der Waals surface area contributed by atoms with Gasteiger partial charge in [-0.15, -0.1) is 0 Å². The zero-order chi connectivity index (χ0) is 13.0. The number of amides is 1. The third-order valence-corrected chi connectivity index (χ3v) is 3.82. The van der Waals surface area contributed by atoms with E-state index in [4.69, 9.17) is 5.11 Å². The lowest BCUT2D eigenvalue weighted by Crippen LogP contribution is -2.39. The summed E-state index contributed by atoms with van der Waals surface area (Å²) in [5.41, 5.74) is 1.02. The summed E-state index contributed by atoms with van der Waals surface area (Å²) in [6, 6.07) is 1.95. The molecule has 0 saturated carbocycles. The highest BCUT2D eigenvalue weighted by Crippen LogP contribution is 2.17. The molecule has 1 fully saturated rings. The number of piperidine rings is 1. The van der Waals surface area contributed by atoms with Crippen LogP contribution in [0.5, 0.6) is 0 Å². The van der Waals surface area contributed by atoms with E-state index in [-0.39, 0.29) is 11.8 Å². The van der Waals surface area contributed by atoms with Crippen LogP contribution in [0.3, 0.4) is 0 Å². The Morgan fingerprint density at radius 3 is 2.67 bits per heavy atom. The number of carbonyl (C=O) groups excluding carboxylic acids is 1. The maximum Gasteiger partial charge on any atom is 0.306 e. The van der Waals surface area contributed by atoms with Crippen LogP contribution < -0.4 is 0 Å². The van der Waals surface area contributed by atoms with Gasteiger partial charge in [0.2, 0.25) is 5.91 Å². The molecule has 0 unspecified atom stereocenters. The molecular weight excluding hydrogens is 250 g/mol. The highest BCUT2D eigenvalue weighted by molar-refractivity contribution is 7.08. The first kappa shape index (κ1) is 12.8. The predicted octanol–water partition coefficient (Wildman–Crippen LogP) is 2.08. The van der Waals surface area contributed by atoms with Gasteiger partial charge in [-0.2, -0.15) is 11.3 Å². The van der Waals surface area contributed by atoms with Crippen molar-refractivity contribution in [2.75, 3.05) is 13.1 Å². The Hall–Kier alpha value is -1.62. The van der Waals surface area contributed by atoms with Gasteiger partial charge in [-0.05, 0) is 41.3 Å². The van der Waals surface area contributed by atoms with E-state index in [9.17, 15) is 9.59 Å². The number of likely N-dealkylation sites (tertiary alicyclic amines) is 1. The Labute approximate surface area is 110 Å². The zero-order valence-corrected chi connectivity index (χ0v) is 10.7. The number of hydrogen-bond acceptors (Lipinski definition) is 3. The molecule has 96 valence electrons. The summed E-state index contributed by atoms with van der Waals surface area (Å²) in [4.78, 5) is 24.4. The fourth-order valence-electron chi connectivity index (χ4n) is 1.99. The summed E-state index contributed by atoms with van der Waals surface area (Å²) < 4.78 is 0.